The summed E-state index contributed by atoms with van der Waals surface area (Å²) in [5, 5.41) is 2.98. The van der Waals surface area contributed by atoms with Crippen LogP contribution >= 0.6 is 0 Å². The smallest absolute Gasteiger partial charge is 0.187 e. The van der Waals surface area contributed by atoms with Crippen LogP contribution in [0.2, 0.25) is 0 Å². The summed E-state index contributed by atoms with van der Waals surface area (Å²) in [7, 11) is 0. The summed E-state index contributed by atoms with van der Waals surface area (Å²) in [6, 6.07) is 11.2. The van der Waals surface area contributed by atoms with E-state index in [2.05, 4.69) is 5.32 Å². The van der Waals surface area contributed by atoms with Crippen molar-refractivity contribution < 1.29 is 13.6 Å². The monoisotopic (exact) mass is 273 g/mol. The second-order valence-corrected chi connectivity index (χ2v) is 4.33. The number of benzene rings is 2. The van der Waals surface area contributed by atoms with E-state index in [9.17, 15) is 13.6 Å². The van der Waals surface area contributed by atoms with E-state index in [0.717, 1.165) is 0 Å². The molecule has 0 unspecified atom stereocenters. The molecule has 0 spiro atoms. The highest BCUT2D eigenvalue weighted by Gasteiger charge is 2.03. The van der Waals surface area contributed by atoms with Gasteiger partial charge in [-0.15, -0.1) is 0 Å². The van der Waals surface area contributed by atoms with Gasteiger partial charge in [0.2, 0.25) is 0 Å². The summed E-state index contributed by atoms with van der Waals surface area (Å²) in [6.07, 6.45) is 1.41. The SMILES string of the molecule is C/C(=C\C(=O)c1ccc(F)cc1)Nc1ccc(F)cc1. The lowest BCUT2D eigenvalue weighted by molar-refractivity contribution is 0.104. The van der Waals surface area contributed by atoms with Crippen LogP contribution in [0.3, 0.4) is 0 Å². The number of halogens is 2. The highest BCUT2D eigenvalue weighted by molar-refractivity contribution is 6.05. The lowest BCUT2D eigenvalue weighted by Gasteiger charge is -2.06. The molecule has 0 aliphatic heterocycles. The Hall–Kier alpha value is -2.49. The van der Waals surface area contributed by atoms with Crippen LogP contribution in [-0.4, -0.2) is 5.78 Å². The second kappa shape index (κ2) is 6.10. The Kier molecular flexibility index (Phi) is 4.25. The number of rotatable bonds is 4. The van der Waals surface area contributed by atoms with Crippen molar-refractivity contribution in [1.29, 1.82) is 0 Å². The highest BCUT2D eigenvalue weighted by Crippen LogP contribution is 2.12. The Morgan fingerprint density at radius 3 is 2.00 bits per heavy atom. The molecule has 2 nitrogen and oxygen atoms in total. The van der Waals surface area contributed by atoms with Gasteiger partial charge in [0.1, 0.15) is 11.6 Å². The molecule has 0 atom stereocenters. The summed E-state index contributed by atoms with van der Waals surface area (Å²) in [5.74, 6) is -0.927. The van der Waals surface area contributed by atoms with Crippen molar-refractivity contribution in [3.05, 3.63) is 77.5 Å². The van der Waals surface area contributed by atoms with Gasteiger partial charge < -0.3 is 5.32 Å². The number of carbonyl (C=O) groups excluding carboxylic acids is 1. The fourth-order valence-electron chi connectivity index (χ4n) is 1.69. The van der Waals surface area contributed by atoms with E-state index in [1.807, 2.05) is 0 Å². The number of allylic oxidation sites excluding steroid dienone is 2. The van der Waals surface area contributed by atoms with Crippen molar-refractivity contribution in [2.45, 2.75) is 6.92 Å². The molecule has 0 heterocycles. The molecule has 0 amide bonds. The summed E-state index contributed by atoms with van der Waals surface area (Å²) in [4.78, 5) is 11.9. The molecule has 0 aromatic heterocycles. The highest BCUT2D eigenvalue weighted by atomic mass is 19.1. The minimum atomic E-state index is -0.383. The fraction of sp³-hybridized carbons (Fsp3) is 0.0625. The molecule has 1 N–H and O–H groups in total. The molecule has 0 saturated carbocycles. The molecule has 102 valence electrons. The van der Waals surface area contributed by atoms with Gasteiger partial charge in [-0.25, -0.2) is 8.78 Å². The van der Waals surface area contributed by atoms with Gasteiger partial charge in [0, 0.05) is 23.0 Å². The molecule has 2 aromatic carbocycles. The van der Waals surface area contributed by atoms with Crippen LogP contribution in [0.5, 0.6) is 0 Å². The molecule has 0 aliphatic rings. The van der Waals surface area contributed by atoms with Gasteiger partial charge in [0.15, 0.2) is 5.78 Å². The molecule has 4 heteroatoms. The maximum Gasteiger partial charge on any atom is 0.187 e. The van der Waals surface area contributed by atoms with Gasteiger partial charge >= 0.3 is 0 Å². The molecule has 0 bridgehead atoms. The molecule has 2 rings (SSSR count). The quantitative estimate of drug-likeness (QED) is 0.669. The van der Waals surface area contributed by atoms with Crippen LogP contribution < -0.4 is 5.32 Å². The standard InChI is InChI=1S/C16H13F2NO/c1-11(19-15-8-6-14(18)7-9-15)10-16(20)12-2-4-13(17)5-3-12/h2-10,19H,1H3/b11-10+. The first-order valence-corrected chi connectivity index (χ1v) is 6.05. The minimum absolute atomic E-state index is 0.225. The summed E-state index contributed by atoms with van der Waals surface area (Å²) in [6.45, 7) is 1.73. The zero-order valence-corrected chi connectivity index (χ0v) is 10.9. The third-order valence-electron chi connectivity index (χ3n) is 2.66. The number of hydrogen-bond acceptors (Lipinski definition) is 2. The third kappa shape index (κ3) is 3.75. The first-order valence-electron chi connectivity index (χ1n) is 6.05. The zero-order chi connectivity index (χ0) is 14.5. The Morgan fingerprint density at radius 2 is 1.45 bits per heavy atom. The fourth-order valence-corrected chi connectivity index (χ4v) is 1.69. The van der Waals surface area contributed by atoms with Crippen molar-refractivity contribution in [2.75, 3.05) is 5.32 Å². The largest absolute Gasteiger partial charge is 0.359 e. The normalized spacial score (nSPS) is 11.2. The van der Waals surface area contributed by atoms with Gasteiger partial charge in [-0.3, -0.25) is 4.79 Å². The maximum atomic E-state index is 12.8. The Morgan fingerprint density at radius 1 is 0.950 bits per heavy atom. The number of ketones is 1. The van der Waals surface area contributed by atoms with Crippen molar-refractivity contribution in [2.24, 2.45) is 0 Å². The Balaban J connectivity index is 2.07. The average Bonchev–Trinajstić information content (AvgIpc) is 2.42. The first-order chi connectivity index (χ1) is 9.54. The van der Waals surface area contributed by atoms with Gasteiger partial charge in [-0.2, -0.15) is 0 Å². The number of anilines is 1. The summed E-state index contributed by atoms with van der Waals surface area (Å²) in [5.41, 5.74) is 1.71. The van der Waals surface area contributed by atoms with Crippen LogP contribution in [0.15, 0.2) is 60.3 Å². The van der Waals surface area contributed by atoms with Crippen LogP contribution in [-0.2, 0) is 0 Å². The van der Waals surface area contributed by atoms with Gasteiger partial charge in [0.05, 0.1) is 0 Å². The lowest BCUT2D eigenvalue weighted by Crippen LogP contribution is -2.01. The number of carbonyl (C=O) groups is 1. The topological polar surface area (TPSA) is 29.1 Å². The average molecular weight is 273 g/mol. The van der Waals surface area contributed by atoms with E-state index in [4.69, 9.17) is 0 Å². The van der Waals surface area contributed by atoms with E-state index in [1.54, 1.807) is 19.1 Å². The van der Waals surface area contributed by atoms with Gasteiger partial charge in [-0.05, 0) is 55.5 Å². The van der Waals surface area contributed by atoms with Crippen LogP contribution in [0.4, 0.5) is 14.5 Å². The third-order valence-corrected chi connectivity index (χ3v) is 2.66. The van der Waals surface area contributed by atoms with Crippen LogP contribution in [0.25, 0.3) is 0 Å². The minimum Gasteiger partial charge on any atom is -0.359 e. The Bertz CT molecular complexity index is 631. The van der Waals surface area contributed by atoms with Crippen molar-refractivity contribution in [1.82, 2.24) is 0 Å². The second-order valence-electron chi connectivity index (χ2n) is 4.33. The molecule has 0 aliphatic carbocycles. The van der Waals surface area contributed by atoms with Crippen LogP contribution in [0.1, 0.15) is 17.3 Å². The van der Waals surface area contributed by atoms with E-state index in [0.29, 0.717) is 16.9 Å². The van der Waals surface area contributed by atoms with Crippen LogP contribution in [0, 0.1) is 11.6 Å². The number of hydrogen-bond donors (Lipinski definition) is 1. The molecular weight excluding hydrogens is 260 g/mol. The van der Waals surface area contributed by atoms with E-state index in [-0.39, 0.29) is 17.4 Å². The predicted molar refractivity (Wildman–Crippen MR) is 74.5 cm³/mol. The molecule has 0 fully saturated rings. The van der Waals surface area contributed by atoms with Crippen molar-refractivity contribution >= 4 is 11.5 Å². The molecular formula is C16H13F2NO. The zero-order valence-electron chi connectivity index (χ0n) is 10.9. The molecule has 20 heavy (non-hydrogen) atoms. The Labute approximate surface area is 115 Å². The van der Waals surface area contributed by atoms with Gasteiger partial charge in [-0.1, -0.05) is 0 Å². The maximum absolute atomic E-state index is 12.8. The van der Waals surface area contributed by atoms with E-state index < -0.39 is 0 Å². The molecule has 0 saturated heterocycles. The van der Waals surface area contributed by atoms with Crippen molar-refractivity contribution in [3.8, 4) is 0 Å². The molecule has 2 aromatic rings. The van der Waals surface area contributed by atoms with Crippen molar-refractivity contribution in [3.63, 3.8) is 0 Å². The first kappa shape index (κ1) is 13.9. The lowest BCUT2D eigenvalue weighted by atomic mass is 10.1. The van der Waals surface area contributed by atoms with E-state index >= 15 is 0 Å². The number of nitrogens with one attached hydrogen (secondary N) is 1. The summed E-state index contributed by atoms with van der Waals surface area (Å²) < 4.78 is 25.5. The van der Waals surface area contributed by atoms with Gasteiger partial charge in [0.25, 0.3) is 0 Å². The van der Waals surface area contributed by atoms with E-state index in [1.165, 1.54) is 42.5 Å². The molecule has 0 radical (unpaired) electrons. The summed E-state index contributed by atoms with van der Waals surface area (Å²) >= 11 is 0. The predicted octanol–water partition coefficient (Wildman–Crippen LogP) is 4.16.